The van der Waals surface area contributed by atoms with Gasteiger partial charge in [-0.2, -0.15) is 0 Å². The van der Waals surface area contributed by atoms with Crippen LogP contribution in [0.2, 0.25) is 0 Å². The maximum Gasteiger partial charge on any atom is 0.273 e. The summed E-state index contributed by atoms with van der Waals surface area (Å²) < 4.78 is 34.0. The van der Waals surface area contributed by atoms with E-state index in [-0.39, 0.29) is 28.7 Å². The first-order valence-electron chi connectivity index (χ1n) is 13.5. The van der Waals surface area contributed by atoms with E-state index in [0.29, 0.717) is 30.7 Å². The van der Waals surface area contributed by atoms with E-state index in [1.54, 1.807) is 19.1 Å². The highest BCUT2D eigenvalue weighted by atomic mass is 32.2. The summed E-state index contributed by atoms with van der Waals surface area (Å²) in [4.78, 5) is 38.8. The van der Waals surface area contributed by atoms with Crippen LogP contribution >= 0.6 is 0 Å². The van der Waals surface area contributed by atoms with Crippen LogP contribution in [-0.4, -0.2) is 62.8 Å². The van der Waals surface area contributed by atoms with E-state index in [9.17, 15) is 28.1 Å². The quantitative estimate of drug-likeness (QED) is 0.218. The number of sulfonamides is 1. The number of nitrogens with one attached hydrogen (secondary N) is 1. The lowest BCUT2D eigenvalue weighted by Crippen LogP contribution is -2.52. The van der Waals surface area contributed by atoms with E-state index in [1.807, 2.05) is 37.3 Å². The molecule has 1 atom stereocenters. The number of rotatable bonds is 14. The van der Waals surface area contributed by atoms with Crippen LogP contribution in [0.3, 0.4) is 0 Å². The minimum absolute atomic E-state index is 0.151. The molecule has 0 fully saturated rings. The first-order valence-corrected chi connectivity index (χ1v) is 15.0. The molecule has 11 nitrogen and oxygen atoms in total. The molecule has 2 amide bonds. The maximum atomic E-state index is 14.0. The number of nitro benzene ring substituents is 1. The molecule has 3 rings (SSSR count). The summed E-state index contributed by atoms with van der Waals surface area (Å²) in [6.07, 6.45) is 1.15. The van der Waals surface area contributed by atoms with Gasteiger partial charge in [-0.15, -0.1) is 0 Å². The van der Waals surface area contributed by atoms with Crippen molar-refractivity contribution in [1.82, 2.24) is 10.2 Å². The molecule has 0 aliphatic heterocycles. The van der Waals surface area contributed by atoms with Crippen LogP contribution in [0.1, 0.15) is 31.4 Å². The Kier molecular flexibility index (Phi) is 11.0. The fourth-order valence-corrected chi connectivity index (χ4v) is 5.75. The molecule has 0 aromatic heterocycles. The first-order chi connectivity index (χ1) is 20.0. The molecule has 0 heterocycles. The van der Waals surface area contributed by atoms with Gasteiger partial charge < -0.3 is 15.0 Å². The van der Waals surface area contributed by atoms with Crippen LogP contribution < -0.4 is 14.4 Å². The number of hydrogen-bond acceptors (Lipinski definition) is 7. The van der Waals surface area contributed by atoms with Gasteiger partial charge in [-0.1, -0.05) is 43.3 Å². The van der Waals surface area contributed by atoms with Gasteiger partial charge in [0.1, 0.15) is 18.3 Å². The lowest BCUT2D eigenvalue weighted by molar-refractivity contribution is -0.385. The third-order valence-electron chi connectivity index (χ3n) is 6.81. The summed E-state index contributed by atoms with van der Waals surface area (Å²) in [5.41, 5.74) is 1.04. The second-order valence-corrected chi connectivity index (χ2v) is 11.6. The minimum atomic E-state index is -4.46. The lowest BCUT2D eigenvalue weighted by Gasteiger charge is -2.32. The lowest BCUT2D eigenvalue weighted by atomic mass is 10.1. The SMILES string of the molecule is CCCNC(=O)[C@@H](C)N(CCc1ccccc1)C(=O)CN(c1ccc(OC)cc1)S(=O)(=O)c1ccc(C)c([N+](=O)[O-])c1. The maximum absolute atomic E-state index is 14.0. The second kappa shape index (κ2) is 14.4. The van der Waals surface area contributed by atoms with Crippen molar-refractivity contribution in [3.05, 3.63) is 94.0 Å². The summed E-state index contributed by atoms with van der Waals surface area (Å²) in [7, 11) is -3.00. The number of methoxy groups -OCH3 is 1. The molecule has 224 valence electrons. The zero-order valence-electron chi connectivity index (χ0n) is 24.1. The molecule has 0 spiro atoms. The summed E-state index contributed by atoms with van der Waals surface area (Å²) >= 11 is 0. The zero-order valence-corrected chi connectivity index (χ0v) is 25.0. The number of nitro groups is 1. The zero-order chi connectivity index (χ0) is 30.9. The Labute approximate surface area is 246 Å². The molecular weight excluding hydrogens is 560 g/mol. The van der Waals surface area contributed by atoms with Crippen LogP contribution in [0.25, 0.3) is 0 Å². The predicted octanol–water partition coefficient (Wildman–Crippen LogP) is 4.09. The predicted molar refractivity (Wildman–Crippen MR) is 160 cm³/mol. The molecule has 12 heteroatoms. The average Bonchev–Trinajstić information content (AvgIpc) is 2.99. The third kappa shape index (κ3) is 7.84. The van der Waals surface area contributed by atoms with E-state index in [2.05, 4.69) is 5.32 Å². The third-order valence-corrected chi connectivity index (χ3v) is 8.58. The number of benzene rings is 3. The van der Waals surface area contributed by atoms with E-state index in [4.69, 9.17) is 4.74 Å². The molecule has 0 aliphatic carbocycles. The van der Waals surface area contributed by atoms with Crippen LogP contribution in [0, 0.1) is 17.0 Å². The number of carbonyl (C=O) groups excluding carboxylic acids is 2. The highest BCUT2D eigenvalue weighted by Gasteiger charge is 2.33. The highest BCUT2D eigenvalue weighted by molar-refractivity contribution is 7.92. The molecule has 0 saturated heterocycles. The van der Waals surface area contributed by atoms with Crippen LogP contribution in [0.15, 0.2) is 77.7 Å². The average molecular weight is 597 g/mol. The van der Waals surface area contributed by atoms with Crippen molar-refractivity contribution < 1.29 is 27.7 Å². The topological polar surface area (TPSA) is 139 Å². The number of hydrogen-bond donors (Lipinski definition) is 1. The summed E-state index contributed by atoms with van der Waals surface area (Å²) in [6.45, 7) is 4.98. The van der Waals surface area contributed by atoms with Gasteiger partial charge in [0.2, 0.25) is 11.8 Å². The van der Waals surface area contributed by atoms with E-state index in [0.717, 1.165) is 15.9 Å². The molecule has 0 bridgehead atoms. The molecule has 3 aromatic carbocycles. The van der Waals surface area contributed by atoms with Crippen molar-refractivity contribution in [3.8, 4) is 5.75 Å². The molecule has 42 heavy (non-hydrogen) atoms. The molecule has 0 unspecified atom stereocenters. The Morgan fingerprint density at radius 3 is 2.31 bits per heavy atom. The first kappa shape index (κ1) is 32.1. The summed E-state index contributed by atoms with van der Waals surface area (Å²) in [5.74, 6) is -0.489. The standard InChI is InChI=1S/C30H36N4O7S/c1-5-18-31-30(36)23(3)32(19-17-24-9-7-6-8-10-24)29(35)21-33(25-12-14-26(41-4)15-13-25)42(39,40)27-16-11-22(2)28(20-27)34(37)38/h6-16,20,23H,5,17-19,21H2,1-4H3,(H,31,36)/t23-/m1/s1. The summed E-state index contributed by atoms with van der Waals surface area (Å²) in [6, 6.07) is 18.2. The van der Waals surface area contributed by atoms with E-state index in [1.165, 1.54) is 43.2 Å². The van der Waals surface area contributed by atoms with Gasteiger partial charge in [0, 0.05) is 24.7 Å². The largest absolute Gasteiger partial charge is 0.497 e. The molecule has 0 aliphatic rings. The Hall–Kier alpha value is -4.45. The Balaban J connectivity index is 2.03. The van der Waals surface area contributed by atoms with Crippen LogP contribution in [0.5, 0.6) is 5.75 Å². The number of amides is 2. The Morgan fingerprint density at radius 2 is 1.71 bits per heavy atom. The minimum Gasteiger partial charge on any atom is -0.497 e. The van der Waals surface area contributed by atoms with E-state index >= 15 is 0 Å². The normalized spacial score (nSPS) is 11.8. The number of carbonyl (C=O) groups is 2. The van der Waals surface area contributed by atoms with Crippen molar-refractivity contribution in [3.63, 3.8) is 0 Å². The van der Waals surface area contributed by atoms with Crippen molar-refractivity contribution >= 4 is 33.2 Å². The van der Waals surface area contributed by atoms with Crippen molar-refractivity contribution in [2.75, 3.05) is 31.0 Å². The number of ether oxygens (including phenoxy) is 1. The number of aryl methyl sites for hydroxylation is 1. The van der Waals surface area contributed by atoms with Crippen LogP contribution in [-0.2, 0) is 26.0 Å². The fraction of sp³-hybridized carbons (Fsp3) is 0.333. The van der Waals surface area contributed by atoms with Gasteiger partial charge >= 0.3 is 0 Å². The number of anilines is 1. The smallest absolute Gasteiger partial charge is 0.273 e. The molecule has 0 saturated carbocycles. The van der Waals surface area contributed by atoms with Gasteiger partial charge in [0.25, 0.3) is 15.7 Å². The van der Waals surface area contributed by atoms with Gasteiger partial charge in [-0.05, 0) is 62.6 Å². The second-order valence-electron chi connectivity index (χ2n) is 9.70. The highest BCUT2D eigenvalue weighted by Crippen LogP contribution is 2.29. The van der Waals surface area contributed by atoms with Crippen molar-refractivity contribution in [1.29, 1.82) is 0 Å². The van der Waals surface area contributed by atoms with Gasteiger partial charge in [-0.3, -0.25) is 24.0 Å². The molecule has 3 aromatic rings. The fourth-order valence-electron chi connectivity index (χ4n) is 4.32. The van der Waals surface area contributed by atoms with Gasteiger partial charge in [0.05, 0.1) is 22.6 Å². The Bertz CT molecular complexity index is 1500. The van der Waals surface area contributed by atoms with Crippen molar-refractivity contribution in [2.45, 2.75) is 44.6 Å². The Morgan fingerprint density at radius 1 is 1.05 bits per heavy atom. The van der Waals surface area contributed by atoms with E-state index < -0.39 is 33.4 Å². The van der Waals surface area contributed by atoms with Gasteiger partial charge in [-0.25, -0.2) is 8.42 Å². The van der Waals surface area contributed by atoms with Gasteiger partial charge in [0.15, 0.2) is 0 Å². The molecular formula is C30H36N4O7S. The van der Waals surface area contributed by atoms with Crippen LogP contribution in [0.4, 0.5) is 11.4 Å². The molecule has 1 N–H and O–H groups in total. The number of nitrogens with zero attached hydrogens (tertiary/aromatic N) is 3. The monoisotopic (exact) mass is 596 g/mol. The molecule has 0 radical (unpaired) electrons. The summed E-state index contributed by atoms with van der Waals surface area (Å²) in [5, 5.41) is 14.4. The van der Waals surface area contributed by atoms with Crippen molar-refractivity contribution in [2.24, 2.45) is 0 Å².